The summed E-state index contributed by atoms with van der Waals surface area (Å²) in [7, 11) is 0. The highest BCUT2D eigenvalue weighted by atomic mass is 16.5. The summed E-state index contributed by atoms with van der Waals surface area (Å²) in [6.07, 6.45) is 10.6. The molecule has 2 N–H and O–H groups in total. The van der Waals surface area contributed by atoms with Gasteiger partial charge in [0.05, 0.1) is 25.5 Å². The topological polar surface area (TPSA) is 53.7 Å². The molecule has 1 rings (SSSR count). The molecule has 0 aliphatic rings. The summed E-state index contributed by atoms with van der Waals surface area (Å²) in [6, 6.07) is 7.49. The number of hydrogen-bond donors (Lipinski definition) is 1. The molecule has 0 aromatic heterocycles. The maximum absolute atomic E-state index is 5.80. The molecule has 0 bridgehead atoms. The fourth-order valence-corrected chi connectivity index (χ4v) is 2.48. The monoisotopic (exact) mass is 337 g/mol. The van der Waals surface area contributed by atoms with E-state index in [-0.39, 0.29) is 0 Å². The summed E-state index contributed by atoms with van der Waals surface area (Å²) in [4.78, 5) is 0. The number of nitrogen functional groups attached to an aromatic ring is 1. The third-order valence-corrected chi connectivity index (χ3v) is 3.92. The molecular weight excluding hydrogens is 302 g/mol. The highest BCUT2D eigenvalue weighted by Crippen LogP contribution is 2.19. The van der Waals surface area contributed by atoms with E-state index in [0.717, 1.165) is 13.0 Å². The van der Waals surface area contributed by atoms with Gasteiger partial charge in [0.2, 0.25) is 0 Å². The normalized spacial score (nSPS) is 10.9. The van der Waals surface area contributed by atoms with Gasteiger partial charge in [-0.3, -0.25) is 0 Å². The predicted octanol–water partition coefficient (Wildman–Crippen LogP) is 4.82. The zero-order chi connectivity index (χ0) is 17.3. The summed E-state index contributed by atoms with van der Waals surface area (Å²) >= 11 is 0. The van der Waals surface area contributed by atoms with Crippen molar-refractivity contribution in [3.05, 3.63) is 24.3 Å². The lowest BCUT2D eigenvalue weighted by Crippen LogP contribution is -2.11. The molecule has 0 unspecified atom stereocenters. The molecule has 0 amide bonds. The van der Waals surface area contributed by atoms with Gasteiger partial charge in [-0.05, 0) is 18.6 Å². The Labute approximate surface area is 147 Å². The molecular formula is C20H35NO3. The number of benzene rings is 1. The predicted molar refractivity (Wildman–Crippen MR) is 101 cm³/mol. The van der Waals surface area contributed by atoms with Gasteiger partial charge in [0, 0.05) is 6.61 Å². The van der Waals surface area contributed by atoms with E-state index >= 15 is 0 Å². The standard InChI is InChI=1S/C20H35NO3/c1-2-3-4-5-6-7-8-11-14-22-15-16-23-17-18-24-20-13-10-9-12-19(20)21/h9-10,12-13H,2-8,11,14-18,21H2,1H3. The molecule has 0 spiro atoms. The van der Waals surface area contributed by atoms with E-state index in [2.05, 4.69) is 6.92 Å². The lowest BCUT2D eigenvalue weighted by Gasteiger charge is -2.09. The van der Waals surface area contributed by atoms with Crippen molar-refractivity contribution in [3.63, 3.8) is 0 Å². The smallest absolute Gasteiger partial charge is 0.142 e. The van der Waals surface area contributed by atoms with Crippen LogP contribution in [0.1, 0.15) is 58.3 Å². The summed E-state index contributed by atoms with van der Waals surface area (Å²) in [6.45, 7) is 5.43. The molecule has 24 heavy (non-hydrogen) atoms. The van der Waals surface area contributed by atoms with Crippen LogP contribution in [-0.2, 0) is 9.47 Å². The second-order valence-electron chi connectivity index (χ2n) is 6.09. The van der Waals surface area contributed by atoms with Crippen molar-refractivity contribution in [1.29, 1.82) is 0 Å². The van der Waals surface area contributed by atoms with Crippen molar-refractivity contribution >= 4 is 5.69 Å². The minimum Gasteiger partial charge on any atom is -0.489 e. The number of para-hydroxylation sites is 2. The Balaban J connectivity index is 1.77. The van der Waals surface area contributed by atoms with Crippen molar-refractivity contribution in [2.75, 3.05) is 38.8 Å². The van der Waals surface area contributed by atoms with E-state index < -0.39 is 0 Å². The first kappa shape index (κ1) is 20.8. The van der Waals surface area contributed by atoms with Crippen LogP contribution in [0.4, 0.5) is 5.69 Å². The van der Waals surface area contributed by atoms with Gasteiger partial charge in [0.1, 0.15) is 12.4 Å². The Bertz CT molecular complexity index is 398. The lowest BCUT2D eigenvalue weighted by molar-refractivity contribution is 0.0353. The maximum Gasteiger partial charge on any atom is 0.142 e. The van der Waals surface area contributed by atoms with Crippen LogP contribution in [0, 0.1) is 0 Å². The van der Waals surface area contributed by atoms with Gasteiger partial charge in [-0.2, -0.15) is 0 Å². The molecule has 0 atom stereocenters. The zero-order valence-electron chi connectivity index (χ0n) is 15.3. The van der Waals surface area contributed by atoms with Crippen LogP contribution in [0.3, 0.4) is 0 Å². The summed E-state index contributed by atoms with van der Waals surface area (Å²) in [5.74, 6) is 0.715. The molecule has 0 heterocycles. The Morgan fingerprint density at radius 3 is 2.00 bits per heavy atom. The summed E-state index contributed by atoms with van der Waals surface area (Å²) in [5, 5.41) is 0. The fraction of sp³-hybridized carbons (Fsp3) is 0.700. The van der Waals surface area contributed by atoms with Gasteiger partial charge < -0.3 is 19.9 Å². The second-order valence-corrected chi connectivity index (χ2v) is 6.09. The number of nitrogens with two attached hydrogens (primary N) is 1. The van der Waals surface area contributed by atoms with E-state index in [4.69, 9.17) is 19.9 Å². The van der Waals surface area contributed by atoms with Crippen LogP contribution in [0.5, 0.6) is 5.75 Å². The first-order valence-corrected chi connectivity index (χ1v) is 9.47. The minimum absolute atomic E-state index is 0.506. The van der Waals surface area contributed by atoms with Crippen LogP contribution in [0.15, 0.2) is 24.3 Å². The average Bonchev–Trinajstić information content (AvgIpc) is 2.60. The molecule has 4 nitrogen and oxygen atoms in total. The van der Waals surface area contributed by atoms with Crippen LogP contribution in [0.25, 0.3) is 0 Å². The molecule has 0 saturated heterocycles. The highest BCUT2D eigenvalue weighted by Gasteiger charge is 1.98. The molecule has 0 fully saturated rings. The van der Waals surface area contributed by atoms with Crippen LogP contribution in [0.2, 0.25) is 0 Å². The van der Waals surface area contributed by atoms with Crippen molar-refractivity contribution in [1.82, 2.24) is 0 Å². The molecule has 1 aromatic rings. The van der Waals surface area contributed by atoms with E-state index in [0.29, 0.717) is 37.9 Å². The maximum atomic E-state index is 5.80. The van der Waals surface area contributed by atoms with Gasteiger partial charge in [-0.15, -0.1) is 0 Å². The molecule has 1 aromatic carbocycles. The first-order chi connectivity index (χ1) is 11.8. The molecule has 0 saturated carbocycles. The van der Waals surface area contributed by atoms with E-state index in [1.54, 1.807) is 0 Å². The Morgan fingerprint density at radius 1 is 0.708 bits per heavy atom. The fourth-order valence-electron chi connectivity index (χ4n) is 2.48. The Kier molecular flexibility index (Phi) is 13.2. The number of rotatable bonds is 16. The first-order valence-electron chi connectivity index (χ1n) is 9.47. The third kappa shape index (κ3) is 11.3. The van der Waals surface area contributed by atoms with Crippen molar-refractivity contribution < 1.29 is 14.2 Å². The number of unbranched alkanes of at least 4 members (excludes halogenated alkanes) is 7. The Morgan fingerprint density at radius 2 is 1.29 bits per heavy atom. The second kappa shape index (κ2) is 15.3. The average molecular weight is 338 g/mol. The van der Waals surface area contributed by atoms with E-state index in [1.165, 1.54) is 44.9 Å². The summed E-state index contributed by atoms with van der Waals surface area (Å²) in [5.41, 5.74) is 6.45. The SMILES string of the molecule is CCCCCCCCCCOCCOCCOc1ccccc1N. The molecule has 138 valence electrons. The van der Waals surface area contributed by atoms with E-state index in [1.807, 2.05) is 24.3 Å². The van der Waals surface area contributed by atoms with Crippen molar-refractivity contribution in [3.8, 4) is 5.75 Å². The van der Waals surface area contributed by atoms with Crippen molar-refractivity contribution in [2.45, 2.75) is 58.3 Å². The largest absolute Gasteiger partial charge is 0.489 e. The van der Waals surface area contributed by atoms with E-state index in [9.17, 15) is 0 Å². The minimum atomic E-state index is 0.506. The molecule has 0 aliphatic heterocycles. The van der Waals surface area contributed by atoms with Gasteiger partial charge in [-0.1, -0.05) is 64.0 Å². The van der Waals surface area contributed by atoms with Crippen molar-refractivity contribution in [2.24, 2.45) is 0 Å². The lowest BCUT2D eigenvalue weighted by atomic mass is 10.1. The number of anilines is 1. The zero-order valence-corrected chi connectivity index (χ0v) is 15.3. The highest BCUT2D eigenvalue weighted by molar-refractivity contribution is 5.51. The molecule has 0 radical (unpaired) electrons. The van der Waals surface area contributed by atoms with Gasteiger partial charge in [-0.25, -0.2) is 0 Å². The number of hydrogen-bond acceptors (Lipinski definition) is 4. The summed E-state index contributed by atoms with van der Waals surface area (Å²) < 4.78 is 16.6. The van der Waals surface area contributed by atoms with Crippen LogP contribution < -0.4 is 10.5 Å². The molecule has 4 heteroatoms. The van der Waals surface area contributed by atoms with Gasteiger partial charge in [0.15, 0.2) is 0 Å². The van der Waals surface area contributed by atoms with Gasteiger partial charge in [0.25, 0.3) is 0 Å². The molecule has 0 aliphatic carbocycles. The number of ether oxygens (including phenoxy) is 3. The van der Waals surface area contributed by atoms with Crippen LogP contribution in [-0.4, -0.2) is 33.0 Å². The third-order valence-electron chi connectivity index (χ3n) is 3.92. The van der Waals surface area contributed by atoms with Crippen LogP contribution >= 0.6 is 0 Å². The Hall–Kier alpha value is -1.26. The van der Waals surface area contributed by atoms with Gasteiger partial charge >= 0.3 is 0 Å². The quantitative estimate of drug-likeness (QED) is 0.347.